The van der Waals surface area contributed by atoms with Gasteiger partial charge in [-0.25, -0.2) is 0 Å². The first-order valence-corrected chi connectivity index (χ1v) is 10.6. The molecule has 6 nitrogen and oxygen atoms in total. The van der Waals surface area contributed by atoms with Crippen LogP contribution >= 0.6 is 0 Å². The Morgan fingerprint density at radius 3 is 2.63 bits per heavy atom. The summed E-state index contributed by atoms with van der Waals surface area (Å²) in [6.45, 7) is 9.10. The fraction of sp³-hybridized carbons (Fsp3) is 0.417. The monoisotopic (exact) mass is 409 g/mol. The number of amides is 1. The molecule has 1 N–H and O–H groups in total. The molecule has 1 aliphatic rings. The van der Waals surface area contributed by atoms with Crippen LogP contribution in [-0.2, 0) is 4.79 Å². The number of nitrogens with one attached hydrogen (secondary N) is 1. The maximum atomic E-state index is 12.2. The van der Waals surface area contributed by atoms with Crippen LogP contribution in [0.3, 0.4) is 0 Å². The molecule has 3 rings (SSSR count). The Hall–Kier alpha value is -2.86. The van der Waals surface area contributed by atoms with Crippen LogP contribution < -0.4 is 15.0 Å². The van der Waals surface area contributed by atoms with Gasteiger partial charge in [0, 0.05) is 44.5 Å². The van der Waals surface area contributed by atoms with Gasteiger partial charge in [0.25, 0.3) is 5.91 Å². The first-order chi connectivity index (χ1) is 14.5. The topological polar surface area (TPSA) is 61.9 Å². The van der Waals surface area contributed by atoms with E-state index in [1.54, 1.807) is 24.3 Å². The Bertz CT molecular complexity index is 847. The second kappa shape index (κ2) is 10.8. The maximum absolute atomic E-state index is 12.2. The quantitative estimate of drug-likeness (QED) is 0.646. The lowest BCUT2D eigenvalue weighted by Gasteiger charge is -2.36. The van der Waals surface area contributed by atoms with Crippen molar-refractivity contribution in [2.24, 2.45) is 0 Å². The molecule has 0 saturated carbocycles. The molecule has 1 amide bonds. The van der Waals surface area contributed by atoms with Crippen LogP contribution in [-0.4, -0.2) is 62.5 Å². The number of piperazine rings is 1. The van der Waals surface area contributed by atoms with Gasteiger partial charge in [-0.3, -0.25) is 14.5 Å². The molecule has 1 unspecified atom stereocenters. The second-order valence-corrected chi connectivity index (χ2v) is 7.87. The highest BCUT2D eigenvalue weighted by Crippen LogP contribution is 2.18. The summed E-state index contributed by atoms with van der Waals surface area (Å²) >= 11 is 0. The summed E-state index contributed by atoms with van der Waals surface area (Å²) in [7, 11) is 0. The molecule has 2 aromatic rings. The summed E-state index contributed by atoms with van der Waals surface area (Å²) < 4.78 is 5.49. The number of benzene rings is 2. The van der Waals surface area contributed by atoms with Gasteiger partial charge in [0.15, 0.2) is 12.9 Å². The molecule has 0 aliphatic carbocycles. The summed E-state index contributed by atoms with van der Waals surface area (Å²) in [4.78, 5) is 28.1. The Morgan fingerprint density at radius 2 is 1.90 bits per heavy atom. The van der Waals surface area contributed by atoms with Gasteiger partial charge in [-0.15, -0.1) is 0 Å². The lowest BCUT2D eigenvalue weighted by Crippen LogP contribution is -2.47. The summed E-state index contributed by atoms with van der Waals surface area (Å²) in [5.74, 6) is 0.259. The number of hydrogen-bond donors (Lipinski definition) is 1. The van der Waals surface area contributed by atoms with Gasteiger partial charge in [-0.05, 0) is 50.1 Å². The van der Waals surface area contributed by atoms with Crippen LogP contribution in [0.5, 0.6) is 5.75 Å². The lowest BCUT2D eigenvalue weighted by molar-refractivity contribution is -0.123. The molecule has 6 heteroatoms. The number of carbonyl (C=O) groups excluding carboxylic acids is 2. The largest absolute Gasteiger partial charge is 0.483 e. The molecule has 1 heterocycles. The zero-order valence-corrected chi connectivity index (χ0v) is 17.8. The van der Waals surface area contributed by atoms with Gasteiger partial charge < -0.3 is 15.0 Å². The van der Waals surface area contributed by atoms with E-state index in [4.69, 9.17) is 4.74 Å². The van der Waals surface area contributed by atoms with Crippen LogP contribution in [0.15, 0.2) is 48.5 Å². The van der Waals surface area contributed by atoms with E-state index in [0.717, 1.165) is 45.4 Å². The molecule has 0 bridgehead atoms. The number of para-hydroxylation sites is 1. The molecule has 2 aromatic carbocycles. The number of aldehydes is 1. The molecule has 1 fully saturated rings. The van der Waals surface area contributed by atoms with E-state index < -0.39 is 0 Å². The fourth-order valence-electron chi connectivity index (χ4n) is 3.67. The smallest absolute Gasteiger partial charge is 0.258 e. The number of carbonyl (C=O) groups is 2. The van der Waals surface area contributed by atoms with E-state index in [1.165, 1.54) is 11.3 Å². The second-order valence-electron chi connectivity index (χ2n) is 7.87. The molecule has 30 heavy (non-hydrogen) atoms. The van der Waals surface area contributed by atoms with Crippen molar-refractivity contribution in [3.8, 4) is 5.75 Å². The van der Waals surface area contributed by atoms with Crippen molar-refractivity contribution in [3.05, 3.63) is 59.7 Å². The third-order valence-electron chi connectivity index (χ3n) is 5.43. The number of ether oxygens (including phenoxy) is 1. The molecule has 1 saturated heterocycles. The Labute approximate surface area is 178 Å². The van der Waals surface area contributed by atoms with Crippen molar-refractivity contribution < 1.29 is 14.3 Å². The number of rotatable bonds is 9. The van der Waals surface area contributed by atoms with Gasteiger partial charge in [-0.1, -0.05) is 24.3 Å². The normalized spacial score (nSPS) is 15.5. The highest BCUT2D eigenvalue weighted by atomic mass is 16.5. The number of anilines is 1. The fourth-order valence-corrected chi connectivity index (χ4v) is 3.67. The van der Waals surface area contributed by atoms with Crippen molar-refractivity contribution in [2.75, 3.05) is 44.2 Å². The van der Waals surface area contributed by atoms with Gasteiger partial charge in [0.1, 0.15) is 5.75 Å². The Balaban J connectivity index is 1.35. The average molecular weight is 410 g/mol. The SMILES string of the molecule is Cc1cccc(N2CCN(CCC(C)NC(=O)COc3ccccc3C=O)CC2)c1. The van der Waals surface area contributed by atoms with Crippen LogP contribution in [0.1, 0.15) is 29.3 Å². The van der Waals surface area contributed by atoms with E-state index >= 15 is 0 Å². The molecular weight excluding hydrogens is 378 g/mol. The molecule has 0 radical (unpaired) electrons. The van der Waals surface area contributed by atoms with Gasteiger partial charge in [0.2, 0.25) is 0 Å². The summed E-state index contributed by atoms with van der Waals surface area (Å²) in [5, 5.41) is 2.98. The average Bonchev–Trinajstić information content (AvgIpc) is 2.77. The van der Waals surface area contributed by atoms with Crippen LogP contribution in [0.4, 0.5) is 5.69 Å². The van der Waals surface area contributed by atoms with Gasteiger partial charge in [0.05, 0.1) is 5.56 Å². The number of nitrogens with zero attached hydrogens (tertiary/aromatic N) is 2. The van der Waals surface area contributed by atoms with Gasteiger partial charge >= 0.3 is 0 Å². The zero-order chi connectivity index (χ0) is 21.3. The van der Waals surface area contributed by atoms with Crippen molar-refractivity contribution in [1.82, 2.24) is 10.2 Å². The minimum Gasteiger partial charge on any atom is -0.483 e. The predicted octanol–water partition coefficient (Wildman–Crippen LogP) is 2.90. The zero-order valence-electron chi connectivity index (χ0n) is 17.8. The standard InChI is InChI=1S/C24H31N3O3/c1-19-6-5-8-22(16-19)27-14-12-26(13-15-27)11-10-20(2)25-24(29)18-30-23-9-4-3-7-21(23)17-28/h3-9,16-17,20H,10-15,18H2,1-2H3,(H,25,29). The van der Waals surface area contributed by atoms with E-state index in [0.29, 0.717) is 11.3 Å². The summed E-state index contributed by atoms with van der Waals surface area (Å²) in [6, 6.07) is 15.6. The third-order valence-corrected chi connectivity index (χ3v) is 5.43. The Morgan fingerprint density at radius 1 is 1.13 bits per heavy atom. The third kappa shape index (κ3) is 6.32. The van der Waals surface area contributed by atoms with E-state index in [-0.39, 0.29) is 18.6 Å². The van der Waals surface area contributed by atoms with Crippen molar-refractivity contribution in [3.63, 3.8) is 0 Å². The molecule has 0 spiro atoms. The van der Waals surface area contributed by atoms with Crippen LogP contribution in [0.25, 0.3) is 0 Å². The highest BCUT2D eigenvalue weighted by molar-refractivity contribution is 5.80. The highest BCUT2D eigenvalue weighted by Gasteiger charge is 2.18. The van der Waals surface area contributed by atoms with E-state index in [9.17, 15) is 9.59 Å². The van der Waals surface area contributed by atoms with E-state index in [1.807, 2.05) is 6.92 Å². The maximum Gasteiger partial charge on any atom is 0.258 e. The van der Waals surface area contributed by atoms with Crippen molar-refractivity contribution in [2.45, 2.75) is 26.3 Å². The summed E-state index contributed by atoms with van der Waals surface area (Å²) in [5.41, 5.74) is 3.03. The number of hydrogen-bond acceptors (Lipinski definition) is 5. The molecule has 0 aromatic heterocycles. The minimum atomic E-state index is -0.174. The first-order valence-electron chi connectivity index (χ1n) is 10.6. The predicted molar refractivity (Wildman–Crippen MR) is 119 cm³/mol. The van der Waals surface area contributed by atoms with Crippen LogP contribution in [0.2, 0.25) is 0 Å². The molecular formula is C24H31N3O3. The van der Waals surface area contributed by atoms with Crippen molar-refractivity contribution >= 4 is 17.9 Å². The lowest BCUT2D eigenvalue weighted by atomic mass is 10.1. The van der Waals surface area contributed by atoms with Gasteiger partial charge in [-0.2, -0.15) is 0 Å². The minimum absolute atomic E-state index is 0.0669. The Kier molecular flexibility index (Phi) is 7.85. The summed E-state index contributed by atoms with van der Waals surface area (Å²) in [6.07, 6.45) is 1.62. The molecule has 1 atom stereocenters. The molecule has 1 aliphatic heterocycles. The number of aryl methyl sites for hydroxylation is 1. The first kappa shape index (κ1) is 21.8. The van der Waals surface area contributed by atoms with E-state index in [2.05, 4.69) is 46.3 Å². The van der Waals surface area contributed by atoms with Crippen molar-refractivity contribution in [1.29, 1.82) is 0 Å². The molecule has 160 valence electrons. The van der Waals surface area contributed by atoms with Crippen LogP contribution in [0, 0.1) is 6.92 Å².